The first-order valence-electron chi connectivity index (χ1n) is 15.8. The van der Waals surface area contributed by atoms with Gasteiger partial charge in [-0.2, -0.15) is 25.3 Å². The second kappa shape index (κ2) is 15.3. The summed E-state index contributed by atoms with van der Waals surface area (Å²) in [7, 11) is -13.4. The normalized spacial score (nSPS) is 14.0. The van der Waals surface area contributed by atoms with Crippen LogP contribution in [0.25, 0.3) is 17.2 Å². The molecule has 0 spiro atoms. The molecular formula is C37H36N2O9S3. The van der Waals surface area contributed by atoms with Crippen LogP contribution < -0.4 is 4.90 Å². The van der Waals surface area contributed by atoms with Gasteiger partial charge >= 0.3 is 0 Å². The summed E-state index contributed by atoms with van der Waals surface area (Å²) < 4.78 is 101. The van der Waals surface area contributed by atoms with Crippen LogP contribution in [-0.2, 0) is 36.9 Å². The molecule has 1 aliphatic rings. The molecule has 0 heterocycles. The van der Waals surface area contributed by atoms with Gasteiger partial charge in [0.05, 0.1) is 28.1 Å². The van der Waals surface area contributed by atoms with E-state index in [1.165, 1.54) is 30.3 Å². The van der Waals surface area contributed by atoms with Gasteiger partial charge < -0.3 is 4.90 Å². The third-order valence-corrected chi connectivity index (χ3v) is 11.0. The van der Waals surface area contributed by atoms with Gasteiger partial charge in [0.2, 0.25) is 0 Å². The maximum absolute atomic E-state index is 12.8. The smallest absolute Gasteiger partial charge is 0.295 e. The van der Waals surface area contributed by atoms with Crippen molar-refractivity contribution >= 4 is 47.8 Å². The van der Waals surface area contributed by atoms with Gasteiger partial charge in [-0.25, -0.2) is 0 Å². The lowest BCUT2D eigenvalue weighted by atomic mass is 9.99. The molecule has 1 aliphatic carbocycles. The molecule has 0 aromatic heterocycles. The summed E-state index contributed by atoms with van der Waals surface area (Å²) in [5.41, 5.74) is 4.44. The zero-order valence-corrected chi connectivity index (χ0v) is 30.1. The Kier molecular flexibility index (Phi) is 11.2. The molecule has 1 unspecified atom stereocenters. The molecule has 0 saturated carbocycles. The fraction of sp³-hybridized carbons (Fsp3) is 0.162. The highest BCUT2D eigenvalue weighted by molar-refractivity contribution is 7.86. The Balaban J connectivity index is 1.41. The predicted octanol–water partition coefficient (Wildman–Crippen LogP) is 7.22. The fourth-order valence-corrected chi connectivity index (χ4v) is 7.93. The van der Waals surface area contributed by atoms with Gasteiger partial charge in [-0.1, -0.05) is 73.7 Å². The molecule has 5 rings (SSSR count). The first kappa shape index (κ1) is 37.6. The molecule has 4 aromatic carbocycles. The molecule has 4 aromatic rings. The number of hydrogen-bond acceptors (Lipinski definition) is 8. The van der Waals surface area contributed by atoms with E-state index < -0.39 is 30.4 Å². The van der Waals surface area contributed by atoms with Crippen molar-refractivity contribution in [3.63, 3.8) is 0 Å². The average Bonchev–Trinajstić information content (AvgIpc) is 3.09. The van der Waals surface area contributed by atoms with Gasteiger partial charge in [-0.05, 0) is 95.8 Å². The van der Waals surface area contributed by atoms with Crippen LogP contribution in [0.1, 0.15) is 43.0 Å². The van der Waals surface area contributed by atoms with Crippen LogP contribution in [0.2, 0.25) is 0 Å². The number of aliphatic imine (C=N–C) groups is 1. The Bertz CT molecular complexity index is 2380. The fourth-order valence-electron chi connectivity index (χ4n) is 5.96. The summed E-state index contributed by atoms with van der Waals surface area (Å²) >= 11 is 0. The maximum Gasteiger partial charge on any atom is 0.295 e. The molecule has 0 aliphatic heterocycles. The Morgan fingerprint density at radius 3 is 1.90 bits per heavy atom. The topological polar surface area (TPSA) is 179 Å². The van der Waals surface area contributed by atoms with Crippen LogP contribution in [0.3, 0.4) is 0 Å². The van der Waals surface area contributed by atoms with Crippen molar-refractivity contribution < 1.29 is 38.9 Å². The first-order chi connectivity index (χ1) is 24.1. The minimum atomic E-state index is -4.68. The van der Waals surface area contributed by atoms with E-state index in [9.17, 15) is 38.9 Å². The van der Waals surface area contributed by atoms with E-state index in [2.05, 4.69) is 9.89 Å². The van der Waals surface area contributed by atoms with Gasteiger partial charge in [-0.15, -0.1) is 0 Å². The quantitative estimate of drug-likeness (QED) is 0.125. The van der Waals surface area contributed by atoms with Crippen molar-refractivity contribution in [3.05, 3.63) is 138 Å². The summed E-state index contributed by atoms with van der Waals surface area (Å²) in [6.07, 6.45) is 9.17. The molecule has 0 radical (unpaired) electrons. The van der Waals surface area contributed by atoms with E-state index in [4.69, 9.17) is 0 Å². The standard InChI is InChI=1S/C37H36N2O9S3/c1-3-36(29-9-6-12-34(24-29)50(43,44)45)39(4-2)32-20-16-28(17-21-32)35-13-7-10-30(37(35)51(46,47)48)22-26-14-18-31(19-15-26)38-25-27-8-5-11-33(23-27)49(40,41)42/h5-24,36H,3-4,25H2,1-2H3,(H,40,41,42)(H,43,44,45)(H,46,47,48). The van der Waals surface area contributed by atoms with E-state index in [1.54, 1.807) is 78.9 Å². The van der Waals surface area contributed by atoms with Crippen LogP contribution in [0.4, 0.5) is 5.69 Å². The minimum absolute atomic E-state index is 0.163. The lowest BCUT2D eigenvalue weighted by Gasteiger charge is -2.33. The average molecular weight is 749 g/mol. The van der Waals surface area contributed by atoms with Crippen LogP contribution in [0.5, 0.6) is 0 Å². The maximum atomic E-state index is 12.8. The largest absolute Gasteiger partial charge is 0.365 e. The zero-order valence-electron chi connectivity index (χ0n) is 27.7. The molecule has 0 bridgehead atoms. The highest BCUT2D eigenvalue weighted by Gasteiger charge is 2.23. The van der Waals surface area contributed by atoms with E-state index in [0.29, 0.717) is 46.5 Å². The lowest BCUT2D eigenvalue weighted by Crippen LogP contribution is -2.28. The van der Waals surface area contributed by atoms with Crippen molar-refractivity contribution in [1.29, 1.82) is 0 Å². The summed E-state index contributed by atoms with van der Waals surface area (Å²) in [5, 5.41) is 0. The second-order valence-corrected chi connectivity index (χ2v) is 15.9. The lowest BCUT2D eigenvalue weighted by molar-refractivity contribution is 0.480. The van der Waals surface area contributed by atoms with Crippen molar-refractivity contribution in [2.45, 2.75) is 47.5 Å². The van der Waals surface area contributed by atoms with Crippen LogP contribution >= 0.6 is 0 Å². The number of anilines is 1. The minimum Gasteiger partial charge on any atom is -0.365 e. The molecular weight excluding hydrogens is 713 g/mol. The highest BCUT2D eigenvalue weighted by Crippen LogP contribution is 2.35. The molecule has 3 N–H and O–H groups in total. The molecule has 14 heteroatoms. The summed E-state index contributed by atoms with van der Waals surface area (Å²) in [6.45, 7) is 4.67. The third kappa shape index (κ3) is 9.16. The van der Waals surface area contributed by atoms with Crippen molar-refractivity contribution in [1.82, 2.24) is 0 Å². The van der Waals surface area contributed by atoms with Gasteiger partial charge in [0.15, 0.2) is 0 Å². The Morgan fingerprint density at radius 2 is 1.31 bits per heavy atom. The zero-order chi connectivity index (χ0) is 37.0. The molecule has 11 nitrogen and oxygen atoms in total. The van der Waals surface area contributed by atoms with E-state index in [0.717, 1.165) is 5.69 Å². The predicted molar refractivity (Wildman–Crippen MR) is 198 cm³/mol. The molecule has 0 amide bonds. The van der Waals surface area contributed by atoms with Crippen LogP contribution in [-0.4, -0.2) is 51.2 Å². The number of allylic oxidation sites excluding steroid dienone is 5. The highest BCUT2D eigenvalue weighted by atomic mass is 32.2. The molecule has 266 valence electrons. The number of nitrogens with zero attached hydrogens (tertiary/aromatic N) is 2. The molecule has 1 atom stereocenters. The van der Waals surface area contributed by atoms with Gasteiger partial charge in [0, 0.05) is 17.8 Å². The summed E-state index contributed by atoms with van der Waals surface area (Å²) in [4.78, 5) is 5.88. The molecule has 0 saturated heterocycles. The SMILES string of the molecule is CCC(c1cccc(S(=O)(=O)O)c1)N(CC)c1ccc(-c2cccc(C=C3C=CC(=NCc4cccc(S(=O)(=O)O)c4)C=C3)c2S(=O)(=O)O)cc1. The Morgan fingerprint density at radius 1 is 0.706 bits per heavy atom. The molecule has 51 heavy (non-hydrogen) atoms. The van der Waals surface area contributed by atoms with Crippen molar-refractivity contribution in [3.8, 4) is 11.1 Å². The van der Waals surface area contributed by atoms with Crippen LogP contribution in [0, 0.1) is 0 Å². The van der Waals surface area contributed by atoms with Crippen molar-refractivity contribution in [2.24, 2.45) is 4.99 Å². The van der Waals surface area contributed by atoms with Gasteiger partial charge in [0.1, 0.15) is 4.90 Å². The van der Waals surface area contributed by atoms with Gasteiger partial charge in [0.25, 0.3) is 30.4 Å². The van der Waals surface area contributed by atoms with Gasteiger partial charge in [-0.3, -0.25) is 18.7 Å². The van der Waals surface area contributed by atoms with E-state index in [-0.39, 0.29) is 32.8 Å². The first-order valence-corrected chi connectivity index (χ1v) is 20.1. The van der Waals surface area contributed by atoms with Crippen LogP contribution in [0.15, 0.2) is 141 Å². The van der Waals surface area contributed by atoms with E-state index >= 15 is 0 Å². The van der Waals surface area contributed by atoms with E-state index in [1.807, 2.05) is 26.0 Å². The second-order valence-electron chi connectivity index (χ2n) is 11.7. The number of rotatable bonds is 12. The monoisotopic (exact) mass is 748 g/mol. The Labute approximate surface area is 298 Å². The number of benzene rings is 4. The van der Waals surface area contributed by atoms with Crippen molar-refractivity contribution in [2.75, 3.05) is 11.4 Å². The number of hydrogen-bond donors (Lipinski definition) is 3. The summed E-state index contributed by atoms with van der Waals surface area (Å²) in [5.74, 6) is 0. The molecule has 0 fully saturated rings. The Hall–Kier alpha value is -4.70. The summed E-state index contributed by atoms with van der Waals surface area (Å²) in [6, 6.07) is 23.9. The third-order valence-electron chi connectivity index (χ3n) is 8.31.